The fraction of sp³-hybridized carbons (Fsp3) is 0.231. The van der Waals surface area contributed by atoms with Crippen LogP contribution in [0.15, 0.2) is 24.3 Å². The summed E-state index contributed by atoms with van der Waals surface area (Å²) >= 11 is 1.22. The summed E-state index contributed by atoms with van der Waals surface area (Å²) in [4.78, 5) is 0. The van der Waals surface area contributed by atoms with Gasteiger partial charge in [0.25, 0.3) is 0 Å². The normalized spacial score (nSPS) is 10.0. The SMILES string of the molecule is CCc1ccc(CNc2snc(N)c2C#N)cc1. The molecule has 0 spiro atoms. The number of nitrogens with one attached hydrogen (secondary N) is 1. The topological polar surface area (TPSA) is 74.7 Å². The number of nitriles is 1. The van der Waals surface area contributed by atoms with Crippen LogP contribution in [0.2, 0.25) is 0 Å². The fourth-order valence-electron chi connectivity index (χ4n) is 1.61. The van der Waals surface area contributed by atoms with E-state index in [9.17, 15) is 0 Å². The number of nitrogens with two attached hydrogens (primary N) is 1. The van der Waals surface area contributed by atoms with Crippen molar-refractivity contribution in [1.82, 2.24) is 4.37 Å². The van der Waals surface area contributed by atoms with E-state index in [-0.39, 0.29) is 0 Å². The van der Waals surface area contributed by atoms with Gasteiger partial charge in [0.05, 0.1) is 0 Å². The molecule has 92 valence electrons. The lowest BCUT2D eigenvalue weighted by Gasteiger charge is -2.05. The van der Waals surface area contributed by atoms with Gasteiger partial charge in [0.2, 0.25) is 0 Å². The molecule has 0 atom stereocenters. The van der Waals surface area contributed by atoms with Crippen LogP contribution in [0.4, 0.5) is 10.8 Å². The quantitative estimate of drug-likeness (QED) is 0.884. The van der Waals surface area contributed by atoms with Crippen LogP contribution >= 0.6 is 11.5 Å². The highest BCUT2D eigenvalue weighted by Gasteiger charge is 2.09. The molecule has 0 aliphatic carbocycles. The lowest BCUT2D eigenvalue weighted by atomic mass is 10.1. The first-order valence-corrected chi connectivity index (χ1v) is 6.49. The van der Waals surface area contributed by atoms with Crippen molar-refractivity contribution in [2.45, 2.75) is 19.9 Å². The second-order valence-corrected chi connectivity index (χ2v) is 4.68. The third-order valence-corrected chi connectivity index (χ3v) is 3.53. The molecule has 0 aliphatic heterocycles. The summed E-state index contributed by atoms with van der Waals surface area (Å²) in [6.07, 6.45) is 1.04. The molecule has 5 heteroatoms. The number of rotatable bonds is 4. The van der Waals surface area contributed by atoms with Gasteiger partial charge >= 0.3 is 0 Å². The molecule has 0 bridgehead atoms. The average Bonchev–Trinajstić information content (AvgIpc) is 2.77. The van der Waals surface area contributed by atoms with E-state index in [0.29, 0.717) is 17.9 Å². The maximum absolute atomic E-state index is 8.95. The second kappa shape index (κ2) is 5.52. The van der Waals surface area contributed by atoms with Crippen LogP contribution < -0.4 is 11.1 Å². The lowest BCUT2D eigenvalue weighted by Crippen LogP contribution is -1.99. The molecular weight excluding hydrogens is 244 g/mol. The Hall–Kier alpha value is -2.06. The highest BCUT2D eigenvalue weighted by atomic mass is 32.1. The minimum Gasteiger partial charge on any atom is -0.382 e. The minimum absolute atomic E-state index is 0.298. The van der Waals surface area contributed by atoms with E-state index in [0.717, 1.165) is 11.4 Å². The Balaban J connectivity index is 2.04. The first-order valence-electron chi connectivity index (χ1n) is 5.71. The predicted octanol–water partition coefficient (Wildman–Crippen LogP) is 2.77. The second-order valence-electron chi connectivity index (χ2n) is 3.91. The van der Waals surface area contributed by atoms with E-state index in [1.807, 2.05) is 0 Å². The Kier molecular flexibility index (Phi) is 3.80. The number of nitrogen functional groups attached to an aromatic ring is 1. The number of aromatic nitrogens is 1. The number of hydrogen-bond acceptors (Lipinski definition) is 5. The summed E-state index contributed by atoms with van der Waals surface area (Å²) in [7, 11) is 0. The molecule has 0 saturated carbocycles. The number of hydrogen-bond donors (Lipinski definition) is 2. The molecule has 2 rings (SSSR count). The molecule has 0 unspecified atom stereocenters. The molecule has 0 aliphatic rings. The smallest absolute Gasteiger partial charge is 0.157 e. The zero-order valence-electron chi connectivity index (χ0n) is 10.1. The highest BCUT2D eigenvalue weighted by Crippen LogP contribution is 2.26. The van der Waals surface area contributed by atoms with E-state index in [1.54, 1.807) is 0 Å². The third-order valence-electron chi connectivity index (χ3n) is 2.71. The first kappa shape index (κ1) is 12.4. The lowest BCUT2D eigenvalue weighted by molar-refractivity contribution is 1.11. The van der Waals surface area contributed by atoms with Gasteiger partial charge in [0.15, 0.2) is 5.82 Å². The van der Waals surface area contributed by atoms with Crippen molar-refractivity contribution in [2.75, 3.05) is 11.1 Å². The first-order chi connectivity index (χ1) is 8.74. The number of benzene rings is 1. The van der Waals surface area contributed by atoms with Crippen LogP contribution in [0.5, 0.6) is 0 Å². The Morgan fingerprint density at radius 1 is 1.33 bits per heavy atom. The Labute approximate surface area is 110 Å². The van der Waals surface area contributed by atoms with Crippen LogP contribution in [0.1, 0.15) is 23.6 Å². The largest absolute Gasteiger partial charge is 0.382 e. The van der Waals surface area contributed by atoms with Crippen molar-refractivity contribution >= 4 is 22.4 Å². The average molecular weight is 258 g/mol. The van der Waals surface area contributed by atoms with E-state index < -0.39 is 0 Å². The molecule has 4 nitrogen and oxygen atoms in total. The monoisotopic (exact) mass is 258 g/mol. The Bertz CT molecular complexity index is 566. The summed E-state index contributed by atoms with van der Waals surface area (Å²) in [5.74, 6) is 0.298. The van der Waals surface area contributed by atoms with Gasteiger partial charge in [-0.2, -0.15) is 9.64 Å². The van der Waals surface area contributed by atoms with Crippen molar-refractivity contribution in [1.29, 1.82) is 5.26 Å². The van der Waals surface area contributed by atoms with E-state index >= 15 is 0 Å². The van der Waals surface area contributed by atoms with Crippen LogP contribution in [0.3, 0.4) is 0 Å². The third kappa shape index (κ3) is 2.60. The fourth-order valence-corrected chi connectivity index (χ4v) is 2.27. The van der Waals surface area contributed by atoms with Gasteiger partial charge in [0, 0.05) is 6.54 Å². The van der Waals surface area contributed by atoms with Crippen molar-refractivity contribution < 1.29 is 0 Å². The summed E-state index contributed by atoms with van der Waals surface area (Å²) in [5, 5.41) is 12.9. The van der Waals surface area contributed by atoms with Crippen molar-refractivity contribution in [2.24, 2.45) is 0 Å². The molecule has 1 heterocycles. The van der Waals surface area contributed by atoms with Crippen molar-refractivity contribution in [3.05, 3.63) is 41.0 Å². The van der Waals surface area contributed by atoms with Gasteiger partial charge in [-0.1, -0.05) is 31.2 Å². The van der Waals surface area contributed by atoms with Crippen LogP contribution in [0, 0.1) is 11.3 Å². The van der Waals surface area contributed by atoms with E-state index in [4.69, 9.17) is 11.0 Å². The summed E-state index contributed by atoms with van der Waals surface area (Å²) in [6.45, 7) is 2.80. The summed E-state index contributed by atoms with van der Waals surface area (Å²) < 4.78 is 3.96. The van der Waals surface area contributed by atoms with E-state index in [1.165, 1.54) is 22.7 Å². The van der Waals surface area contributed by atoms with Crippen molar-refractivity contribution in [3.63, 3.8) is 0 Å². The zero-order chi connectivity index (χ0) is 13.0. The highest BCUT2D eigenvalue weighted by molar-refractivity contribution is 7.10. The maximum Gasteiger partial charge on any atom is 0.157 e. The van der Waals surface area contributed by atoms with Crippen LogP contribution in [-0.2, 0) is 13.0 Å². The number of aryl methyl sites for hydroxylation is 1. The molecule has 0 radical (unpaired) electrons. The van der Waals surface area contributed by atoms with Gasteiger partial charge < -0.3 is 11.1 Å². The molecule has 0 saturated heterocycles. The molecule has 18 heavy (non-hydrogen) atoms. The van der Waals surface area contributed by atoms with Crippen LogP contribution in [0.25, 0.3) is 0 Å². The predicted molar refractivity (Wildman–Crippen MR) is 74.4 cm³/mol. The molecule has 0 amide bonds. The zero-order valence-corrected chi connectivity index (χ0v) is 10.9. The van der Waals surface area contributed by atoms with Gasteiger partial charge in [0.1, 0.15) is 16.6 Å². The molecule has 3 N–H and O–H groups in total. The van der Waals surface area contributed by atoms with Gasteiger partial charge in [-0.15, -0.1) is 0 Å². The summed E-state index contributed by atoms with van der Waals surface area (Å²) in [6, 6.07) is 10.5. The van der Waals surface area contributed by atoms with E-state index in [2.05, 4.69) is 46.9 Å². The van der Waals surface area contributed by atoms with Gasteiger partial charge in [-0.25, -0.2) is 0 Å². The molecule has 2 aromatic rings. The Morgan fingerprint density at radius 3 is 2.61 bits per heavy atom. The van der Waals surface area contributed by atoms with Crippen LogP contribution in [-0.4, -0.2) is 4.37 Å². The van der Waals surface area contributed by atoms with Crippen molar-refractivity contribution in [3.8, 4) is 6.07 Å². The number of nitrogens with zero attached hydrogens (tertiary/aromatic N) is 2. The summed E-state index contributed by atoms with van der Waals surface area (Å²) in [5.41, 5.74) is 8.52. The van der Waals surface area contributed by atoms with Gasteiger partial charge in [-0.05, 0) is 29.1 Å². The number of anilines is 2. The molecular formula is C13H14N4S. The molecule has 0 fully saturated rings. The minimum atomic E-state index is 0.298. The van der Waals surface area contributed by atoms with Gasteiger partial charge in [-0.3, -0.25) is 0 Å². The molecule has 1 aromatic heterocycles. The maximum atomic E-state index is 8.95. The standard InChI is InChI=1S/C13H14N4S/c1-2-9-3-5-10(6-4-9)8-16-13-11(7-14)12(15)17-18-13/h3-6,16H,2,8H2,1H3,(H2,15,17). The molecule has 1 aromatic carbocycles. The Morgan fingerprint density at radius 2 is 2.00 bits per heavy atom.